The summed E-state index contributed by atoms with van der Waals surface area (Å²) in [7, 11) is 0. The van der Waals surface area contributed by atoms with E-state index in [1.807, 2.05) is 44.2 Å². The Morgan fingerprint density at radius 2 is 1.76 bits per heavy atom. The molecule has 3 N–H and O–H groups in total. The van der Waals surface area contributed by atoms with Crippen molar-refractivity contribution in [2.45, 2.75) is 32.2 Å². The van der Waals surface area contributed by atoms with E-state index >= 15 is 0 Å². The lowest BCUT2D eigenvalue weighted by Crippen LogP contribution is -2.49. The molecule has 138 valence electrons. The number of hydrogen-bond donors (Lipinski definition) is 2. The Labute approximate surface area is 161 Å². The predicted octanol–water partition coefficient (Wildman–Crippen LogP) is 3.96. The van der Waals surface area contributed by atoms with Gasteiger partial charge in [0.1, 0.15) is 17.2 Å². The average molecular weight is 386 g/mol. The number of nitrogens with one attached hydrogen (secondary N) is 1. The van der Waals surface area contributed by atoms with Crippen LogP contribution in [0.4, 0.5) is 0 Å². The molecule has 2 aromatic rings. The molecule has 0 saturated carbocycles. The zero-order valence-electron chi connectivity index (χ0n) is 14.4. The molecule has 0 bridgehead atoms. The van der Waals surface area contributed by atoms with Gasteiger partial charge in [0.05, 0.1) is 0 Å². The number of amides is 1. The number of hydrogen-bond acceptors (Lipinski definition) is 4. The van der Waals surface area contributed by atoms with Gasteiger partial charge in [-0.15, -0.1) is 24.8 Å². The van der Waals surface area contributed by atoms with Crippen LogP contribution in [0.25, 0.3) is 0 Å². The van der Waals surface area contributed by atoms with Gasteiger partial charge in [-0.25, -0.2) is 0 Å². The van der Waals surface area contributed by atoms with E-state index in [0.29, 0.717) is 23.7 Å². The smallest absolute Gasteiger partial charge is 0.270 e. The van der Waals surface area contributed by atoms with E-state index in [2.05, 4.69) is 10.3 Å². The maximum Gasteiger partial charge on any atom is 0.270 e. The van der Waals surface area contributed by atoms with Crippen LogP contribution in [0.15, 0.2) is 48.7 Å². The summed E-state index contributed by atoms with van der Waals surface area (Å²) < 4.78 is 5.71. The Kier molecular flexibility index (Phi) is 10.1. The van der Waals surface area contributed by atoms with Gasteiger partial charge in [0.2, 0.25) is 0 Å². The first-order valence-corrected chi connectivity index (χ1v) is 7.82. The first kappa shape index (κ1) is 23.2. The number of para-hydroxylation sites is 1. The molecule has 7 heteroatoms. The number of ether oxygens (including phenoxy) is 1. The Balaban J connectivity index is 0.00000288. The lowest BCUT2D eigenvalue weighted by molar-refractivity contribution is 0.0937. The van der Waals surface area contributed by atoms with Gasteiger partial charge < -0.3 is 15.8 Å². The van der Waals surface area contributed by atoms with Crippen molar-refractivity contribution >= 4 is 30.7 Å². The van der Waals surface area contributed by atoms with E-state index < -0.39 is 0 Å². The molecule has 0 aliphatic heterocycles. The molecule has 0 aliphatic rings. The number of carbonyl (C=O) groups excluding carboxylic acids is 1. The van der Waals surface area contributed by atoms with Crippen LogP contribution >= 0.6 is 24.8 Å². The molecule has 0 aliphatic carbocycles. The van der Waals surface area contributed by atoms with Crippen LogP contribution in [0, 0.1) is 0 Å². The second kappa shape index (κ2) is 10.9. The van der Waals surface area contributed by atoms with Crippen molar-refractivity contribution in [3.63, 3.8) is 0 Å². The van der Waals surface area contributed by atoms with E-state index in [1.54, 1.807) is 18.3 Å². The zero-order valence-corrected chi connectivity index (χ0v) is 16.0. The fraction of sp³-hybridized carbons (Fsp3) is 0.333. The number of benzene rings is 1. The van der Waals surface area contributed by atoms with Gasteiger partial charge in [-0.3, -0.25) is 9.78 Å². The van der Waals surface area contributed by atoms with Gasteiger partial charge >= 0.3 is 0 Å². The highest BCUT2D eigenvalue weighted by molar-refractivity contribution is 5.92. The minimum Gasteiger partial charge on any atom is -0.457 e. The van der Waals surface area contributed by atoms with Crippen molar-refractivity contribution < 1.29 is 9.53 Å². The number of carbonyl (C=O) groups is 1. The highest BCUT2D eigenvalue weighted by Gasteiger charge is 2.21. The second-order valence-corrected chi connectivity index (χ2v) is 5.54. The molecular weight excluding hydrogens is 361 g/mol. The summed E-state index contributed by atoms with van der Waals surface area (Å²) >= 11 is 0. The van der Waals surface area contributed by atoms with Crippen molar-refractivity contribution in [3.05, 3.63) is 54.4 Å². The van der Waals surface area contributed by atoms with E-state index in [9.17, 15) is 4.79 Å². The standard InChI is InChI=1S/C18H23N3O2.2ClH/c1-3-18(19,4-2)13-21-17(22)16-12-15(10-11-20-16)23-14-8-6-5-7-9-14;;/h5-12H,3-4,13,19H2,1-2H3,(H,21,22);2*1H. The number of aromatic nitrogens is 1. The summed E-state index contributed by atoms with van der Waals surface area (Å²) in [5.41, 5.74) is 6.13. The Hall–Kier alpha value is -1.82. The van der Waals surface area contributed by atoms with Crippen LogP contribution in [0.1, 0.15) is 37.2 Å². The fourth-order valence-electron chi connectivity index (χ4n) is 2.07. The largest absolute Gasteiger partial charge is 0.457 e. The lowest BCUT2D eigenvalue weighted by atomic mass is 9.94. The summed E-state index contributed by atoms with van der Waals surface area (Å²) in [4.78, 5) is 16.3. The van der Waals surface area contributed by atoms with Crippen LogP contribution in [-0.2, 0) is 0 Å². The maximum absolute atomic E-state index is 12.2. The molecule has 0 atom stereocenters. The number of nitrogens with two attached hydrogens (primary N) is 1. The first-order valence-electron chi connectivity index (χ1n) is 7.82. The molecule has 5 nitrogen and oxygen atoms in total. The van der Waals surface area contributed by atoms with Crippen LogP contribution in [0.5, 0.6) is 11.5 Å². The van der Waals surface area contributed by atoms with Crippen molar-refractivity contribution in [3.8, 4) is 11.5 Å². The molecule has 25 heavy (non-hydrogen) atoms. The summed E-state index contributed by atoms with van der Waals surface area (Å²) in [6.45, 7) is 4.45. The maximum atomic E-state index is 12.2. The molecular formula is C18H25Cl2N3O2. The van der Waals surface area contributed by atoms with Crippen molar-refractivity contribution in [1.29, 1.82) is 0 Å². The molecule has 0 radical (unpaired) electrons. The van der Waals surface area contributed by atoms with E-state index in [4.69, 9.17) is 10.5 Å². The number of rotatable bonds is 7. The van der Waals surface area contributed by atoms with Crippen LogP contribution in [0.2, 0.25) is 0 Å². The van der Waals surface area contributed by atoms with E-state index in [-0.39, 0.29) is 36.3 Å². The first-order chi connectivity index (χ1) is 11.1. The average Bonchev–Trinajstić information content (AvgIpc) is 2.60. The summed E-state index contributed by atoms with van der Waals surface area (Å²) in [5.74, 6) is 1.03. The molecule has 0 fully saturated rings. The van der Waals surface area contributed by atoms with Gasteiger partial charge in [0, 0.05) is 24.3 Å². The molecule has 0 spiro atoms. The Morgan fingerprint density at radius 1 is 1.12 bits per heavy atom. The quantitative estimate of drug-likeness (QED) is 0.755. The minimum absolute atomic E-state index is 0. The summed E-state index contributed by atoms with van der Waals surface area (Å²) in [5, 5.41) is 2.85. The third-order valence-electron chi connectivity index (χ3n) is 3.95. The molecule has 1 amide bonds. The predicted molar refractivity (Wildman–Crippen MR) is 105 cm³/mol. The highest BCUT2D eigenvalue weighted by Crippen LogP contribution is 2.20. The minimum atomic E-state index is -0.381. The van der Waals surface area contributed by atoms with Gasteiger partial charge in [-0.1, -0.05) is 32.0 Å². The van der Waals surface area contributed by atoms with Crippen LogP contribution in [0.3, 0.4) is 0 Å². The van der Waals surface area contributed by atoms with Gasteiger partial charge in [0.25, 0.3) is 5.91 Å². The van der Waals surface area contributed by atoms with Gasteiger partial charge in [0.15, 0.2) is 0 Å². The summed E-state index contributed by atoms with van der Waals surface area (Å²) in [6, 6.07) is 12.7. The zero-order chi connectivity index (χ0) is 16.7. The molecule has 1 heterocycles. The lowest BCUT2D eigenvalue weighted by Gasteiger charge is -2.26. The van der Waals surface area contributed by atoms with E-state index in [0.717, 1.165) is 12.8 Å². The van der Waals surface area contributed by atoms with Gasteiger partial charge in [-0.2, -0.15) is 0 Å². The topological polar surface area (TPSA) is 77.2 Å². The normalized spacial score (nSPS) is 10.2. The SMILES string of the molecule is CCC(N)(CC)CNC(=O)c1cc(Oc2ccccc2)ccn1.Cl.Cl. The highest BCUT2D eigenvalue weighted by atomic mass is 35.5. The van der Waals surface area contributed by atoms with Crippen molar-refractivity contribution in [2.75, 3.05) is 6.54 Å². The molecule has 1 aromatic heterocycles. The van der Waals surface area contributed by atoms with Crippen molar-refractivity contribution in [1.82, 2.24) is 10.3 Å². The monoisotopic (exact) mass is 385 g/mol. The molecule has 0 saturated heterocycles. The van der Waals surface area contributed by atoms with E-state index in [1.165, 1.54) is 0 Å². The van der Waals surface area contributed by atoms with Crippen LogP contribution in [-0.4, -0.2) is 23.0 Å². The number of pyridine rings is 1. The molecule has 0 unspecified atom stereocenters. The Morgan fingerprint density at radius 3 is 2.36 bits per heavy atom. The Bertz CT molecular complexity index is 650. The molecule has 2 rings (SSSR count). The van der Waals surface area contributed by atoms with Crippen LogP contribution < -0.4 is 15.8 Å². The summed E-state index contributed by atoms with van der Waals surface area (Å²) in [6.07, 6.45) is 3.16. The molecule has 1 aromatic carbocycles. The fourth-order valence-corrected chi connectivity index (χ4v) is 2.07. The number of halogens is 2. The third kappa shape index (κ3) is 6.90. The van der Waals surface area contributed by atoms with Gasteiger partial charge in [-0.05, 0) is 31.0 Å². The van der Waals surface area contributed by atoms with Crippen molar-refractivity contribution in [2.24, 2.45) is 5.73 Å². The second-order valence-electron chi connectivity index (χ2n) is 5.54. The third-order valence-corrected chi connectivity index (χ3v) is 3.95. The number of nitrogens with zero attached hydrogens (tertiary/aromatic N) is 1.